The summed E-state index contributed by atoms with van der Waals surface area (Å²) < 4.78 is 0. The first kappa shape index (κ1) is 11.3. The van der Waals surface area contributed by atoms with Crippen LogP contribution in [0.4, 0.5) is 0 Å². The maximum Gasteiger partial charge on any atom is 0.0720 e. The van der Waals surface area contributed by atoms with Crippen LogP contribution >= 0.6 is 11.3 Å². The van der Waals surface area contributed by atoms with Gasteiger partial charge in [0.1, 0.15) is 0 Å². The van der Waals surface area contributed by atoms with Crippen molar-refractivity contribution in [2.75, 3.05) is 0 Å². The van der Waals surface area contributed by atoms with Crippen LogP contribution in [-0.4, -0.2) is 0 Å². The smallest absolute Gasteiger partial charge is 0.0720 e. The Morgan fingerprint density at radius 2 is 1.81 bits per heavy atom. The molecule has 1 heterocycles. The number of nitrogens with two attached hydrogens (primary N) is 1. The molecular formula is C13H16N2S. The molecule has 3 heteroatoms. The normalized spacial score (nSPS) is 12.7. The molecule has 1 unspecified atom stereocenters. The monoisotopic (exact) mass is 232 g/mol. The first-order valence-corrected chi connectivity index (χ1v) is 6.17. The van der Waals surface area contributed by atoms with E-state index in [0.717, 1.165) is 0 Å². The minimum atomic E-state index is 0.0897. The highest BCUT2D eigenvalue weighted by Gasteiger charge is 2.14. The van der Waals surface area contributed by atoms with Crippen molar-refractivity contribution in [2.45, 2.75) is 19.9 Å². The Morgan fingerprint density at radius 1 is 1.12 bits per heavy atom. The van der Waals surface area contributed by atoms with Gasteiger partial charge in [0.05, 0.1) is 6.04 Å². The molecule has 0 spiro atoms. The van der Waals surface area contributed by atoms with Gasteiger partial charge in [0.2, 0.25) is 0 Å². The van der Waals surface area contributed by atoms with Gasteiger partial charge in [0, 0.05) is 4.88 Å². The fourth-order valence-corrected chi connectivity index (χ4v) is 2.56. The number of nitrogens with one attached hydrogen (secondary N) is 1. The van der Waals surface area contributed by atoms with Crippen LogP contribution in [-0.2, 0) is 0 Å². The van der Waals surface area contributed by atoms with E-state index < -0.39 is 0 Å². The SMILES string of the molecule is Cc1ccc(C(NN)c2ccsc2C)cc1. The maximum absolute atomic E-state index is 5.66. The summed E-state index contributed by atoms with van der Waals surface area (Å²) >= 11 is 1.75. The Balaban J connectivity index is 2.37. The molecular weight excluding hydrogens is 216 g/mol. The fourth-order valence-electron chi connectivity index (χ4n) is 1.82. The number of benzene rings is 1. The van der Waals surface area contributed by atoms with Crippen molar-refractivity contribution in [3.63, 3.8) is 0 Å². The van der Waals surface area contributed by atoms with E-state index in [2.05, 4.69) is 55.0 Å². The number of thiophene rings is 1. The summed E-state index contributed by atoms with van der Waals surface area (Å²) in [6.07, 6.45) is 0. The molecule has 1 atom stereocenters. The van der Waals surface area contributed by atoms with Crippen LogP contribution in [0, 0.1) is 13.8 Å². The van der Waals surface area contributed by atoms with Gasteiger partial charge >= 0.3 is 0 Å². The van der Waals surface area contributed by atoms with Gasteiger partial charge in [-0.05, 0) is 36.4 Å². The molecule has 3 N–H and O–H groups in total. The summed E-state index contributed by atoms with van der Waals surface area (Å²) in [5.74, 6) is 5.66. The predicted octanol–water partition coefficient (Wildman–Crippen LogP) is 2.92. The van der Waals surface area contributed by atoms with E-state index in [1.807, 2.05) is 0 Å². The van der Waals surface area contributed by atoms with Gasteiger partial charge in [-0.15, -0.1) is 11.3 Å². The Kier molecular flexibility index (Phi) is 3.39. The van der Waals surface area contributed by atoms with Crippen LogP contribution in [0.25, 0.3) is 0 Å². The number of rotatable bonds is 3. The lowest BCUT2D eigenvalue weighted by molar-refractivity contribution is 0.636. The van der Waals surface area contributed by atoms with Gasteiger partial charge in [-0.2, -0.15) is 0 Å². The molecule has 0 saturated heterocycles. The molecule has 0 aliphatic heterocycles. The fraction of sp³-hybridized carbons (Fsp3) is 0.231. The second-order valence-corrected chi connectivity index (χ2v) is 5.06. The number of hydrogen-bond donors (Lipinski definition) is 2. The van der Waals surface area contributed by atoms with Gasteiger partial charge in [-0.25, -0.2) is 5.43 Å². The molecule has 0 amide bonds. The second-order valence-electron chi connectivity index (χ2n) is 3.94. The highest BCUT2D eigenvalue weighted by molar-refractivity contribution is 7.10. The Bertz CT molecular complexity index is 459. The van der Waals surface area contributed by atoms with Crippen LogP contribution in [0.2, 0.25) is 0 Å². The molecule has 1 aromatic carbocycles. The quantitative estimate of drug-likeness (QED) is 0.631. The zero-order valence-corrected chi connectivity index (χ0v) is 10.3. The number of aryl methyl sites for hydroxylation is 2. The number of hydrogen-bond acceptors (Lipinski definition) is 3. The van der Waals surface area contributed by atoms with Gasteiger partial charge in [-0.1, -0.05) is 29.8 Å². The average molecular weight is 232 g/mol. The van der Waals surface area contributed by atoms with Crippen LogP contribution < -0.4 is 11.3 Å². The predicted molar refractivity (Wildman–Crippen MR) is 69.4 cm³/mol. The lowest BCUT2D eigenvalue weighted by Crippen LogP contribution is -2.28. The van der Waals surface area contributed by atoms with Crippen LogP contribution in [0.5, 0.6) is 0 Å². The summed E-state index contributed by atoms with van der Waals surface area (Å²) in [4.78, 5) is 1.31. The maximum atomic E-state index is 5.66. The lowest BCUT2D eigenvalue weighted by atomic mass is 9.99. The van der Waals surface area contributed by atoms with E-state index in [1.54, 1.807) is 11.3 Å². The lowest BCUT2D eigenvalue weighted by Gasteiger charge is -2.16. The summed E-state index contributed by atoms with van der Waals surface area (Å²) in [5.41, 5.74) is 6.62. The standard InChI is InChI=1S/C13H16N2S/c1-9-3-5-11(6-4-9)13(15-14)12-7-8-16-10(12)2/h3-8,13,15H,14H2,1-2H3. The van der Waals surface area contributed by atoms with Gasteiger partial charge < -0.3 is 0 Å². The second kappa shape index (κ2) is 4.78. The molecule has 0 bridgehead atoms. The van der Waals surface area contributed by atoms with Gasteiger partial charge in [0.15, 0.2) is 0 Å². The van der Waals surface area contributed by atoms with E-state index in [0.29, 0.717) is 0 Å². The minimum absolute atomic E-state index is 0.0897. The van der Waals surface area contributed by atoms with E-state index in [-0.39, 0.29) is 6.04 Å². The summed E-state index contributed by atoms with van der Waals surface area (Å²) in [6.45, 7) is 4.21. The molecule has 2 rings (SSSR count). The third-order valence-corrected chi connectivity index (χ3v) is 3.65. The molecule has 2 aromatic rings. The van der Waals surface area contributed by atoms with E-state index in [4.69, 9.17) is 5.84 Å². The van der Waals surface area contributed by atoms with Crippen LogP contribution in [0.15, 0.2) is 35.7 Å². The van der Waals surface area contributed by atoms with Crippen molar-refractivity contribution in [1.29, 1.82) is 0 Å². The molecule has 0 aliphatic carbocycles. The van der Waals surface area contributed by atoms with Crippen molar-refractivity contribution in [2.24, 2.45) is 5.84 Å². The molecule has 0 radical (unpaired) electrons. The molecule has 1 aromatic heterocycles. The molecule has 0 aliphatic rings. The molecule has 16 heavy (non-hydrogen) atoms. The first-order chi connectivity index (χ1) is 7.72. The first-order valence-electron chi connectivity index (χ1n) is 5.29. The van der Waals surface area contributed by atoms with E-state index in [9.17, 15) is 0 Å². The van der Waals surface area contributed by atoms with Gasteiger partial charge in [0.25, 0.3) is 0 Å². The molecule has 2 nitrogen and oxygen atoms in total. The highest BCUT2D eigenvalue weighted by Crippen LogP contribution is 2.27. The third-order valence-electron chi connectivity index (χ3n) is 2.79. The summed E-state index contributed by atoms with van der Waals surface area (Å²) in [7, 11) is 0. The van der Waals surface area contributed by atoms with Crippen molar-refractivity contribution in [1.82, 2.24) is 5.43 Å². The Labute approximate surface area is 100 Å². The summed E-state index contributed by atoms with van der Waals surface area (Å²) in [6, 6.07) is 10.7. The molecule has 84 valence electrons. The largest absolute Gasteiger partial charge is 0.271 e. The van der Waals surface area contributed by atoms with Crippen molar-refractivity contribution < 1.29 is 0 Å². The Hall–Kier alpha value is -1.16. The van der Waals surface area contributed by atoms with Gasteiger partial charge in [-0.3, -0.25) is 5.84 Å². The van der Waals surface area contributed by atoms with E-state index >= 15 is 0 Å². The molecule has 0 fully saturated rings. The van der Waals surface area contributed by atoms with E-state index in [1.165, 1.54) is 21.6 Å². The van der Waals surface area contributed by atoms with Crippen molar-refractivity contribution in [3.8, 4) is 0 Å². The van der Waals surface area contributed by atoms with Crippen molar-refractivity contribution in [3.05, 3.63) is 57.3 Å². The topological polar surface area (TPSA) is 38.0 Å². The zero-order chi connectivity index (χ0) is 11.5. The zero-order valence-electron chi connectivity index (χ0n) is 9.53. The molecule has 0 saturated carbocycles. The third kappa shape index (κ3) is 2.16. The highest BCUT2D eigenvalue weighted by atomic mass is 32.1. The Morgan fingerprint density at radius 3 is 2.31 bits per heavy atom. The summed E-state index contributed by atoms with van der Waals surface area (Å²) in [5, 5.41) is 2.10. The average Bonchev–Trinajstić information content (AvgIpc) is 2.69. The number of hydrazine groups is 1. The minimum Gasteiger partial charge on any atom is -0.271 e. The van der Waals surface area contributed by atoms with Crippen molar-refractivity contribution >= 4 is 11.3 Å². The van der Waals surface area contributed by atoms with Crippen LogP contribution in [0.3, 0.4) is 0 Å². The van der Waals surface area contributed by atoms with Crippen LogP contribution in [0.1, 0.15) is 27.6 Å².